The van der Waals surface area contributed by atoms with Crippen molar-refractivity contribution in [1.29, 1.82) is 0 Å². The molecular weight excluding hydrogens is 614 g/mol. The molecule has 0 amide bonds. The fraction of sp³-hybridized carbons (Fsp3) is 0.545. The maximum absolute atomic E-state index is 11.2. The van der Waals surface area contributed by atoms with Gasteiger partial charge in [-0.3, -0.25) is 4.98 Å². The molecule has 4 aromatic rings. The highest BCUT2D eigenvalue weighted by molar-refractivity contribution is 5.87. The van der Waals surface area contributed by atoms with E-state index in [1.165, 1.54) is 0 Å². The van der Waals surface area contributed by atoms with Gasteiger partial charge in [0.2, 0.25) is 11.8 Å². The molecule has 4 aromatic heterocycles. The molecule has 2 N–H and O–H groups in total. The van der Waals surface area contributed by atoms with Gasteiger partial charge in [0.1, 0.15) is 23.8 Å². The first-order valence-electron chi connectivity index (χ1n) is 16.8. The Morgan fingerprint density at radius 2 is 1.62 bits per heavy atom. The number of nitrogens with zero attached hydrogens (tertiary/aromatic N) is 9. The Morgan fingerprint density at radius 1 is 0.875 bits per heavy atom. The molecule has 1 unspecified atom stereocenters. The van der Waals surface area contributed by atoms with Gasteiger partial charge >= 0.3 is 0 Å². The molecule has 0 spiro atoms. The van der Waals surface area contributed by atoms with E-state index in [0.717, 1.165) is 93.1 Å². The Morgan fingerprint density at radius 3 is 2.33 bits per heavy atom. The van der Waals surface area contributed by atoms with Crippen molar-refractivity contribution >= 4 is 34.3 Å². The average molecular weight is 659 g/mol. The van der Waals surface area contributed by atoms with E-state index in [1.54, 1.807) is 24.0 Å². The lowest BCUT2D eigenvalue weighted by atomic mass is 9.93. The molecule has 2 aliphatic heterocycles. The molecule has 3 fully saturated rings. The number of pyridine rings is 2. The summed E-state index contributed by atoms with van der Waals surface area (Å²) in [5, 5.41) is 15.5. The van der Waals surface area contributed by atoms with Gasteiger partial charge in [-0.25, -0.2) is 15.0 Å². The molecule has 7 rings (SSSR count). The Hall–Kier alpha value is -4.47. The summed E-state index contributed by atoms with van der Waals surface area (Å²) in [6.45, 7) is 8.83. The first-order chi connectivity index (χ1) is 23.4. The van der Waals surface area contributed by atoms with Crippen LogP contribution in [0.25, 0.3) is 10.9 Å². The van der Waals surface area contributed by atoms with Gasteiger partial charge < -0.3 is 49.5 Å². The van der Waals surface area contributed by atoms with Gasteiger partial charge in [-0.15, -0.1) is 0 Å². The third-order valence-corrected chi connectivity index (χ3v) is 9.58. The summed E-state index contributed by atoms with van der Waals surface area (Å²) >= 11 is 0. The van der Waals surface area contributed by atoms with E-state index in [4.69, 9.17) is 24.2 Å². The van der Waals surface area contributed by atoms with Crippen LogP contribution in [0.5, 0.6) is 11.6 Å². The van der Waals surface area contributed by atoms with Crippen molar-refractivity contribution in [2.24, 2.45) is 7.05 Å². The number of imidazole rings is 1. The number of aromatic nitrogens is 6. The minimum absolute atomic E-state index is 0.00942. The van der Waals surface area contributed by atoms with E-state index < -0.39 is 0 Å². The second kappa shape index (κ2) is 14.3. The lowest BCUT2D eigenvalue weighted by Crippen LogP contribution is -2.44. The first kappa shape index (κ1) is 32.1. The summed E-state index contributed by atoms with van der Waals surface area (Å²) in [7, 11) is 3.93. The number of likely N-dealkylation sites (N-methyl/N-ethyl adjacent to an activating group) is 1. The molecule has 0 aromatic carbocycles. The molecule has 2 saturated heterocycles. The van der Waals surface area contributed by atoms with Crippen LogP contribution < -0.4 is 30.1 Å². The number of piperazine rings is 1. The molecule has 48 heavy (non-hydrogen) atoms. The smallest absolute Gasteiger partial charge is 0.225 e. The predicted molar refractivity (Wildman–Crippen MR) is 184 cm³/mol. The number of anilines is 4. The highest BCUT2D eigenvalue weighted by Gasteiger charge is 2.26. The highest BCUT2D eigenvalue weighted by atomic mass is 16.5. The highest BCUT2D eigenvalue weighted by Crippen LogP contribution is 2.34. The van der Waals surface area contributed by atoms with Crippen LogP contribution >= 0.6 is 0 Å². The lowest BCUT2D eigenvalue weighted by molar-refractivity contribution is 0.122. The summed E-state index contributed by atoms with van der Waals surface area (Å²) in [6.07, 6.45) is 10.5. The van der Waals surface area contributed by atoms with E-state index in [1.807, 2.05) is 36.9 Å². The van der Waals surface area contributed by atoms with E-state index in [9.17, 15) is 5.21 Å². The molecule has 3 aliphatic rings. The number of ether oxygens (including phenoxy) is 3. The summed E-state index contributed by atoms with van der Waals surface area (Å²) in [5.41, 5.74) is 4.47. The number of hydrogen-bond donors (Lipinski definition) is 2. The number of fused-ring (bicyclic) bond motifs is 1. The standard InChI is InChI=1S/C33H44N11O4/c1-22(29-21-37-33(40-45)42(29)3)47-26-16-27-28(34-20-26)17-30(44-12-14-46-15-13-44)39-31(27)48-25-6-4-23(5-7-25)38-32-35-18-24(19-36-32)43-10-8-41(2)9-11-43/h16-23,25H,4-15H2,1-3H3,(H2-,35,36,37,38,40,45)/q-1. The average Bonchev–Trinajstić information content (AvgIpc) is 3.50. The maximum atomic E-state index is 11.2. The monoisotopic (exact) mass is 658 g/mol. The molecule has 256 valence electrons. The summed E-state index contributed by atoms with van der Waals surface area (Å²) < 4.78 is 20.2. The summed E-state index contributed by atoms with van der Waals surface area (Å²) in [5.74, 6) is 2.85. The number of morpholine rings is 1. The summed E-state index contributed by atoms with van der Waals surface area (Å²) in [4.78, 5) is 30.0. The minimum Gasteiger partial charge on any atom is -0.759 e. The van der Waals surface area contributed by atoms with Crippen molar-refractivity contribution in [3.63, 3.8) is 0 Å². The quantitative estimate of drug-likeness (QED) is 0.239. The second-order valence-corrected chi connectivity index (χ2v) is 12.8. The van der Waals surface area contributed by atoms with E-state index in [2.05, 4.69) is 42.0 Å². The molecule has 0 bridgehead atoms. The van der Waals surface area contributed by atoms with Crippen molar-refractivity contribution < 1.29 is 14.2 Å². The summed E-state index contributed by atoms with van der Waals surface area (Å²) in [6, 6.07) is 4.21. The lowest BCUT2D eigenvalue weighted by Gasteiger charge is -2.33. The Kier molecular flexibility index (Phi) is 9.59. The maximum Gasteiger partial charge on any atom is 0.225 e. The van der Waals surface area contributed by atoms with Gasteiger partial charge in [0.15, 0.2) is 5.95 Å². The van der Waals surface area contributed by atoms with Gasteiger partial charge in [-0.1, -0.05) is 0 Å². The molecule has 1 atom stereocenters. The SMILES string of the molecule is CC(Oc1cnc2cc(N3CCOCC3)nc(OC3CCC(Nc4ncc(N5CCN(C)CC5)cn4)CC3)c2c1)c1cnc(N[O-])n1C. The zero-order chi connectivity index (χ0) is 33.0. The fourth-order valence-corrected chi connectivity index (χ4v) is 6.62. The molecule has 0 radical (unpaired) electrons. The number of hydrogen-bond acceptors (Lipinski definition) is 14. The van der Waals surface area contributed by atoms with Crippen molar-refractivity contribution in [3.05, 3.63) is 47.8 Å². The second-order valence-electron chi connectivity index (χ2n) is 12.8. The van der Waals surface area contributed by atoms with Crippen LogP contribution in [0.1, 0.15) is 44.4 Å². The van der Waals surface area contributed by atoms with E-state index in [-0.39, 0.29) is 24.2 Å². The Bertz CT molecular complexity index is 1660. The van der Waals surface area contributed by atoms with Crippen LogP contribution in [0.3, 0.4) is 0 Å². The Balaban J connectivity index is 1.03. The van der Waals surface area contributed by atoms with Crippen LogP contribution in [-0.4, -0.2) is 106 Å². The predicted octanol–water partition coefficient (Wildman–Crippen LogP) is 3.59. The van der Waals surface area contributed by atoms with Crippen LogP contribution in [0, 0.1) is 5.21 Å². The molecule has 15 heteroatoms. The number of rotatable bonds is 10. The van der Waals surface area contributed by atoms with Gasteiger partial charge in [0.25, 0.3) is 0 Å². The first-order valence-corrected chi connectivity index (χ1v) is 16.8. The van der Waals surface area contributed by atoms with E-state index in [0.29, 0.717) is 30.8 Å². The number of nitrogens with one attached hydrogen (secondary N) is 2. The normalized spacial score (nSPS) is 21.2. The Labute approximate surface area is 280 Å². The van der Waals surface area contributed by atoms with Crippen LogP contribution in [0.15, 0.2) is 36.9 Å². The molecule has 1 aliphatic carbocycles. The minimum atomic E-state index is -0.372. The molecule has 15 nitrogen and oxygen atoms in total. The van der Waals surface area contributed by atoms with Crippen molar-refractivity contribution in [3.8, 4) is 11.6 Å². The zero-order valence-corrected chi connectivity index (χ0v) is 27.8. The van der Waals surface area contributed by atoms with Gasteiger partial charge in [-0.2, -0.15) is 4.98 Å². The van der Waals surface area contributed by atoms with Crippen LogP contribution in [-0.2, 0) is 11.8 Å². The molecular formula is C33H44N11O4-. The van der Waals surface area contributed by atoms with Crippen LogP contribution in [0.2, 0.25) is 0 Å². The van der Waals surface area contributed by atoms with Crippen LogP contribution in [0.4, 0.5) is 23.4 Å². The topological polar surface area (TPSA) is 154 Å². The molecule has 6 heterocycles. The van der Waals surface area contributed by atoms with Crippen molar-refractivity contribution in [1.82, 2.24) is 34.4 Å². The van der Waals surface area contributed by atoms with Gasteiger partial charge in [0.05, 0.1) is 60.3 Å². The molecule has 1 saturated carbocycles. The van der Waals surface area contributed by atoms with E-state index >= 15 is 0 Å². The third-order valence-electron chi connectivity index (χ3n) is 9.58. The van der Waals surface area contributed by atoms with Crippen molar-refractivity contribution in [2.75, 3.05) is 80.1 Å². The largest absolute Gasteiger partial charge is 0.759 e. The fourth-order valence-electron chi connectivity index (χ4n) is 6.62. The zero-order valence-electron chi connectivity index (χ0n) is 27.8. The van der Waals surface area contributed by atoms with Crippen molar-refractivity contribution in [2.45, 2.75) is 50.9 Å². The van der Waals surface area contributed by atoms with Gasteiger partial charge in [0, 0.05) is 58.4 Å². The van der Waals surface area contributed by atoms with Gasteiger partial charge in [-0.05, 0) is 45.7 Å². The third kappa shape index (κ3) is 7.17.